The molecule has 528 valence electrons. The van der Waals surface area contributed by atoms with Crippen molar-refractivity contribution in [1.82, 2.24) is 0 Å². The summed E-state index contributed by atoms with van der Waals surface area (Å²) in [6.07, 6.45) is 8.02. The number of rotatable bonds is 24. The number of nitrogens with zero attached hydrogens (tertiary/aromatic N) is 4. The molecule has 0 atom stereocenters. The van der Waals surface area contributed by atoms with E-state index < -0.39 is 0 Å². The van der Waals surface area contributed by atoms with E-state index in [-0.39, 0.29) is 52.1 Å². The Hall–Kier alpha value is -14.0. The molecule has 12 heteroatoms. The van der Waals surface area contributed by atoms with Gasteiger partial charge in [0, 0.05) is 25.7 Å². The average molecular weight is 1410 g/mol. The Balaban J connectivity index is 1.17. The summed E-state index contributed by atoms with van der Waals surface area (Å²) in [5, 5.41) is 46.4. The molecule has 12 aromatic rings. The van der Waals surface area contributed by atoms with Crippen LogP contribution in [0, 0.1) is 45.3 Å². The summed E-state index contributed by atoms with van der Waals surface area (Å²) < 4.78 is 51.9. The Morgan fingerprint density at radius 1 is 0.259 bits per heavy atom. The second-order valence-electron chi connectivity index (χ2n) is 26.1. The van der Waals surface area contributed by atoms with Gasteiger partial charge in [-0.25, -0.2) is 0 Å². The number of ether oxygens (including phenoxy) is 8. The van der Waals surface area contributed by atoms with Gasteiger partial charge in [-0.15, -0.1) is 0 Å². The summed E-state index contributed by atoms with van der Waals surface area (Å²) in [6.45, 7) is 0.631. The van der Waals surface area contributed by atoms with Crippen LogP contribution >= 0.6 is 0 Å². The van der Waals surface area contributed by atoms with E-state index in [9.17, 15) is 21.0 Å². The maximum absolute atomic E-state index is 11.6. The number of fused-ring (bicyclic) bond motifs is 8. The summed E-state index contributed by atoms with van der Waals surface area (Å²) in [5.74, 6) is 4.85. The van der Waals surface area contributed by atoms with E-state index in [4.69, 9.17) is 37.9 Å². The summed E-state index contributed by atoms with van der Waals surface area (Å²) in [6, 6.07) is 96.8. The van der Waals surface area contributed by atoms with Gasteiger partial charge < -0.3 is 37.9 Å². The third-order valence-electron chi connectivity index (χ3n) is 18.8. The van der Waals surface area contributed by atoms with Crippen LogP contribution in [0.1, 0.15) is 111 Å². The van der Waals surface area contributed by atoms with Crippen molar-refractivity contribution in [2.45, 2.75) is 52.1 Å². The molecule has 1 aliphatic rings. The molecule has 108 heavy (non-hydrogen) atoms. The van der Waals surface area contributed by atoms with Crippen molar-refractivity contribution in [3.63, 3.8) is 0 Å². The van der Waals surface area contributed by atoms with Gasteiger partial charge in [-0.2, -0.15) is 21.0 Å². The van der Waals surface area contributed by atoms with Crippen LogP contribution in [0.2, 0.25) is 0 Å². The highest BCUT2D eigenvalue weighted by Gasteiger charge is 2.28. The quantitative estimate of drug-likeness (QED) is 0.0415. The van der Waals surface area contributed by atoms with Gasteiger partial charge >= 0.3 is 0 Å². The summed E-state index contributed by atoms with van der Waals surface area (Å²) >= 11 is 0. The predicted octanol–water partition coefficient (Wildman–Crippen LogP) is 21.0. The minimum Gasteiger partial charge on any atom is -0.497 e. The molecular formula is C96H76N4O8. The van der Waals surface area contributed by atoms with Crippen LogP contribution in [0.4, 0.5) is 0 Å². The first kappa shape index (κ1) is 72.3. The molecule has 0 unspecified atom stereocenters. The molecule has 0 saturated heterocycles. The Bertz CT molecular complexity index is 4710. The first-order valence-electron chi connectivity index (χ1n) is 35.4. The third-order valence-corrected chi connectivity index (χ3v) is 18.8. The summed E-state index contributed by atoms with van der Waals surface area (Å²) in [5.41, 5.74) is 16.2. The van der Waals surface area contributed by atoms with E-state index in [1.807, 2.05) is 291 Å². The molecule has 0 aliphatic heterocycles. The van der Waals surface area contributed by atoms with Gasteiger partial charge in [-0.1, -0.05) is 170 Å². The Morgan fingerprint density at radius 2 is 0.435 bits per heavy atom. The standard InChI is InChI=1S/C96H76N4O8/c1-101-89-33-25-65(26-34-89)41-85(57-97)73-45-77-53-79-47-74(86(58-98)42-66-27-35-90(102-2)36-28-66)49-81(94(79)106-62-70-19-11-6-12-20-70)55-83-51-76(88(60-100)44-68-31-39-92(104-4)40-32-68)52-84(96(83)108-64-72-23-15-8-16-24-72)56-82-50-75(87(59-99)43-67-29-37-91(103-3)38-30-67)48-80(95(82)107-63-71-21-13-7-14-22-71)54-78(46-73)93(77)105-61-69-17-9-5-10-18-69/h5-52H,53-56,61-64H2,1-4H3/b85-41+,86-42+,87-43+,88-44?. The summed E-state index contributed by atoms with van der Waals surface area (Å²) in [4.78, 5) is 0. The highest BCUT2D eigenvalue weighted by Crippen LogP contribution is 2.45. The van der Waals surface area contributed by atoms with Crippen LogP contribution in [-0.2, 0) is 52.1 Å². The monoisotopic (exact) mass is 1410 g/mol. The van der Waals surface area contributed by atoms with E-state index >= 15 is 0 Å². The van der Waals surface area contributed by atoms with Gasteiger partial charge in [0.15, 0.2) is 0 Å². The number of allylic oxidation sites excluding steroid dienone is 4. The lowest BCUT2D eigenvalue weighted by Crippen LogP contribution is -2.11. The Kier molecular flexibility index (Phi) is 23.4. The maximum Gasteiger partial charge on any atom is 0.126 e. The molecule has 0 spiro atoms. The zero-order valence-corrected chi connectivity index (χ0v) is 60.4. The molecule has 0 aromatic heterocycles. The fourth-order valence-electron chi connectivity index (χ4n) is 13.4. The lowest BCUT2D eigenvalue weighted by atomic mass is 9.86. The first-order chi connectivity index (χ1) is 53.1. The molecule has 1 aliphatic carbocycles. The number of benzene rings is 12. The van der Waals surface area contributed by atoms with E-state index in [1.165, 1.54) is 0 Å². The van der Waals surface area contributed by atoms with E-state index in [2.05, 4.69) is 24.3 Å². The average Bonchev–Trinajstić information content (AvgIpc) is 0.764. The molecule has 0 amide bonds. The lowest BCUT2D eigenvalue weighted by molar-refractivity contribution is 0.293. The largest absolute Gasteiger partial charge is 0.497 e. The number of methoxy groups -OCH3 is 4. The van der Waals surface area contributed by atoms with Crippen molar-refractivity contribution >= 4 is 46.6 Å². The zero-order valence-electron chi connectivity index (χ0n) is 60.4. The highest BCUT2D eigenvalue weighted by molar-refractivity contribution is 5.94. The second kappa shape index (κ2) is 35.0. The molecule has 8 bridgehead atoms. The van der Waals surface area contributed by atoms with Gasteiger partial charge in [0.05, 0.1) is 75.0 Å². The third kappa shape index (κ3) is 17.9. The van der Waals surface area contributed by atoms with Crippen LogP contribution in [0.15, 0.2) is 267 Å². The lowest BCUT2D eigenvalue weighted by Gasteiger charge is -2.25. The fraction of sp³-hybridized carbons (Fsp3) is 0.125. The zero-order chi connectivity index (χ0) is 74.6. The van der Waals surface area contributed by atoms with E-state index in [0.717, 1.165) is 44.5 Å². The van der Waals surface area contributed by atoms with Gasteiger partial charge in [-0.3, -0.25) is 0 Å². The molecule has 0 heterocycles. The van der Waals surface area contributed by atoms with Crippen LogP contribution in [-0.4, -0.2) is 28.4 Å². The predicted molar refractivity (Wildman–Crippen MR) is 426 cm³/mol. The fourth-order valence-corrected chi connectivity index (χ4v) is 13.4. The van der Waals surface area contributed by atoms with Gasteiger partial charge in [0.1, 0.15) is 72.4 Å². The van der Waals surface area contributed by atoms with Crippen molar-refractivity contribution in [1.29, 1.82) is 21.0 Å². The number of hydrogen-bond acceptors (Lipinski definition) is 12. The van der Waals surface area contributed by atoms with Crippen LogP contribution in [0.25, 0.3) is 46.6 Å². The first-order valence-corrected chi connectivity index (χ1v) is 35.4. The highest BCUT2D eigenvalue weighted by atomic mass is 16.5. The molecule has 0 radical (unpaired) electrons. The van der Waals surface area contributed by atoms with Gasteiger partial charge in [0.2, 0.25) is 0 Å². The van der Waals surface area contributed by atoms with Crippen molar-refractivity contribution in [2.75, 3.05) is 28.4 Å². The molecule has 0 fully saturated rings. The van der Waals surface area contributed by atoms with Crippen LogP contribution in [0.5, 0.6) is 46.0 Å². The van der Waals surface area contributed by atoms with Crippen LogP contribution < -0.4 is 37.9 Å². The maximum atomic E-state index is 11.6. The summed E-state index contributed by atoms with van der Waals surface area (Å²) in [7, 11) is 6.48. The number of nitriles is 4. The molecule has 12 nitrogen and oxygen atoms in total. The van der Waals surface area contributed by atoms with Crippen molar-refractivity contribution < 1.29 is 37.9 Å². The van der Waals surface area contributed by atoms with E-state index in [0.29, 0.717) is 135 Å². The molecule has 13 rings (SSSR count). The minimum absolute atomic E-state index is 0.135. The van der Waals surface area contributed by atoms with E-state index in [1.54, 1.807) is 28.4 Å². The molecular weight excluding hydrogens is 1340 g/mol. The van der Waals surface area contributed by atoms with Crippen molar-refractivity contribution in [2.24, 2.45) is 0 Å². The Morgan fingerprint density at radius 3 is 0.593 bits per heavy atom. The van der Waals surface area contributed by atoms with Crippen LogP contribution in [0.3, 0.4) is 0 Å². The van der Waals surface area contributed by atoms with Gasteiger partial charge in [-0.05, 0) is 233 Å². The SMILES string of the molecule is COc1ccc(C=C(C#N)c2cc3c(OCc4ccccc4)c(c2)Cc2cc(/C(C#N)=C/c4ccc(OC)cc4)cc(c2OCc2ccccc2)Cc2cc(/C(C#N)=C/c4ccc(OC)cc4)cc(c2OCc2ccccc2)Cc2cc(/C(C#N)=C/c4ccc(OC)cc4)cc(c2OCc2ccccc2)C3)cc1. The Labute approximate surface area is 631 Å². The van der Waals surface area contributed by atoms with Crippen molar-refractivity contribution in [3.05, 3.63) is 378 Å². The smallest absolute Gasteiger partial charge is 0.126 e. The van der Waals surface area contributed by atoms with Crippen molar-refractivity contribution in [3.8, 4) is 70.3 Å². The van der Waals surface area contributed by atoms with Gasteiger partial charge in [0.25, 0.3) is 0 Å². The molecule has 0 saturated carbocycles. The number of hydrogen-bond donors (Lipinski definition) is 0. The molecule has 0 N–H and O–H groups in total. The normalized spacial score (nSPS) is 12.1. The second-order valence-corrected chi connectivity index (χ2v) is 26.1. The molecule has 12 aromatic carbocycles. The topological polar surface area (TPSA) is 169 Å². The minimum atomic E-state index is 0.135.